The molecule has 0 fully saturated rings. The molecule has 0 atom stereocenters. The zero-order valence-corrected chi connectivity index (χ0v) is 19.7. The van der Waals surface area contributed by atoms with Gasteiger partial charge in [0.2, 0.25) is 0 Å². The molecule has 1 heterocycles. The summed E-state index contributed by atoms with van der Waals surface area (Å²) in [6.07, 6.45) is 2.15. The number of halogens is 1. The minimum Gasteiger partial charge on any atom is -0.497 e. The summed E-state index contributed by atoms with van der Waals surface area (Å²) < 4.78 is 23.8. The van der Waals surface area contributed by atoms with Gasteiger partial charge in [0.15, 0.2) is 11.5 Å². The fraction of sp³-hybridized carbons (Fsp3) is 0.346. The molecule has 0 aliphatic rings. The van der Waals surface area contributed by atoms with E-state index in [9.17, 15) is 14.0 Å². The zero-order valence-electron chi connectivity index (χ0n) is 19.7. The average Bonchev–Trinajstić information content (AvgIpc) is 3.33. The lowest BCUT2D eigenvalue weighted by atomic mass is 10.1. The molecule has 2 amide bonds. The number of nitrogens with zero attached hydrogens (tertiary/aromatic N) is 2. The van der Waals surface area contributed by atoms with E-state index in [1.807, 2.05) is 38.1 Å². The van der Waals surface area contributed by atoms with Gasteiger partial charge in [-0.3, -0.25) is 9.59 Å². The van der Waals surface area contributed by atoms with Crippen LogP contribution in [0.25, 0.3) is 0 Å². The fourth-order valence-corrected chi connectivity index (χ4v) is 3.72. The molecule has 0 saturated carbocycles. The van der Waals surface area contributed by atoms with Crippen molar-refractivity contribution < 1.29 is 23.2 Å². The molecule has 7 nitrogen and oxygen atoms in total. The first-order valence-electron chi connectivity index (χ1n) is 11.4. The molecule has 1 N–H and O–H groups in total. The molecule has 0 spiro atoms. The van der Waals surface area contributed by atoms with Gasteiger partial charge in [-0.1, -0.05) is 31.1 Å². The van der Waals surface area contributed by atoms with Gasteiger partial charge < -0.3 is 19.5 Å². The summed E-state index contributed by atoms with van der Waals surface area (Å²) >= 11 is 0. The number of rotatable bonds is 11. The Labute approximate surface area is 198 Å². The van der Waals surface area contributed by atoms with E-state index >= 15 is 0 Å². The maximum absolute atomic E-state index is 13.3. The second-order valence-electron chi connectivity index (χ2n) is 7.94. The lowest BCUT2D eigenvalue weighted by molar-refractivity contribution is 0.0627. The van der Waals surface area contributed by atoms with Crippen molar-refractivity contribution in [3.63, 3.8) is 0 Å². The molecule has 0 aliphatic heterocycles. The Morgan fingerprint density at radius 3 is 2.38 bits per heavy atom. The number of carbonyl (C=O) groups excluding carboxylic acids is 2. The Kier molecular flexibility index (Phi) is 8.79. The summed E-state index contributed by atoms with van der Waals surface area (Å²) in [5.41, 5.74) is 1.62. The molecule has 0 aliphatic carbocycles. The quantitative estimate of drug-likeness (QED) is 0.445. The van der Waals surface area contributed by atoms with Crippen LogP contribution in [-0.4, -0.2) is 41.6 Å². The number of benzene rings is 2. The van der Waals surface area contributed by atoms with Crippen LogP contribution in [0.3, 0.4) is 0 Å². The third-order valence-corrected chi connectivity index (χ3v) is 5.71. The molecule has 180 valence electrons. The van der Waals surface area contributed by atoms with E-state index in [2.05, 4.69) is 10.5 Å². The molecule has 0 unspecified atom stereocenters. The van der Waals surface area contributed by atoms with Crippen LogP contribution in [0.1, 0.15) is 58.9 Å². The van der Waals surface area contributed by atoms with Crippen LogP contribution in [0.5, 0.6) is 5.75 Å². The van der Waals surface area contributed by atoms with E-state index < -0.39 is 5.82 Å². The van der Waals surface area contributed by atoms with Gasteiger partial charge in [0.05, 0.1) is 13.7 Å². The summed E-state index contributed by atoms with van der Waals surface area (Å²) in [5, 5.41) is 6.71. The van der Waals surface area contributed by atoms with E-state index in [1.54, 1.807) is 18.1 Å². The van der Waals surface area contributed by atoms with Gasteiger partial charge in [0.1, 0.15) is 11.6 Å². The van der Waals surface area contributed by atoms with Crippen molar-refractivity contribution >= 4 is 11.8 Å². The average molecular weight is 468 g/mol. The highest BCUT2D eigenvalue weighted by Gasteiger charge is 2.25. The van der Waals surface area contributed by atoms with Crippen LogP contribution in [0, 0.1) is 5.82 Å². The van der Waals surface area contributed by atoms with Crippen LogP contribution >= 0.6 is 0 Å². The number of nitrogens with one attached hydrogen (secondary N) is 1. The fourth-order valence-electron chi connectivity index (χ4n) is 3.72. The van der Waals surface area contributed by atoms with Gasteiger partial charge in [-0.2, -0.15) is 0 Å². The van der Waals surface area contributed by atoms with Crippen LogP contribution in [-0.2, 0) is 13.0 Å². The minimum atomic E-state index is -0.400. The predicted molar refractivity (Wildman–Crippen MR) is 126 cm³/mol. The highest BCUT2D eigenvalue weighted by Crippen LogP contribution is 2.19. The molecular formula is C26H30FN3O4. The lowest BCUT2D eigenvalue weighted by Crippen LogP contribution is -2.39. The SMILES string of the molecule is CCC(CC)N(Cc1cc(C(=O)NCCc2ccc(OC)cc2)no1)C(=O)c1ccc(F)cc1. The van der Waals surface area contributed by atoms with Crippen molar-refractivity contribution in [2.75, 3.05) is 13.7 Å². The number of aromatic nitrogens is 1. The molecule has 1 aromatic heterocycles. The van der Waals surface area contributed by atoms with E-state index in [0.717, 1.165) is 24.2 Å². The van der Waals surface area contributed by atoms with Crippen molar-refractivity contribution in [1.82, 2.24) is 15.4 Å². The first-order valence-corrected chi connectivity index (χ1v) is 11.4. The highest BCUT2D eigenvalue weighted by molar-refractivity contribution is 5.94. The van der Waals surface area contributed by atoms with Crippen LogP contribution in [0.15, 0.2) is 59.1 Å². The van der Waals surface area contributed by atoms with Gasteiger partial charge in [-0.15, -0.1) is 0 Å². The maximum Gasteiger partial charge on any atom is 0.273 e. The predicted octanol–water partition coefficient (Wildman–Crippen LogP) is 4.63. The number of hydrogen-bond donors (Lipinski definition) is 1. The second kappa shape index (κ2) is 12.0. The smallest absolute Gasteiger partial charge is 0.273 e. The summed E-state index contributed by atoms with van der Waals surface area (Å²) in [6.45, 7) is 4.60. The van der Waals surface area contributed by atoms with Crippen molar-refractivity contribution in [1.29, 1.82) is 0 Å². The molecule has 2 aromatic carbocycles. The van der Waals surface area contributed by atoms with Gasteiger partial charge >= 0.3 is 0 Å². The topological polar surface area (TPSA) is 84.7 Å². The molecule has 0 bridgehead atoms. The largest absolute Gasteiger partial charge is 0.497 e. The number of carbonyl (C=O) groups is 2. The molecule has 34 heavy (non-hydrogen) atoms. The Morgan fingerprint density at radius 2 is 1.76 bits per heavy atom. The number of hydrogen-bond acceptors (Lipinski definition) is 5. The zero-order chi connectivity index (χ0) is 24.5. The summed E-state index contributed by atoms with van der Waals surface area (Å²) in [7, 11) is 1.62. The van der Waals surface area contributed by atoms with Gasteiger partial charge in [-0.25, -0.2) is 4.39 Å². The monoisotopic (exact) mass is 467 g/mol. The first-order chi connectivity index (χ1) is 16.4. The van der Waals surface area contributed by atoms with Crippen LogP contribution in [0.4, 0.5) is 4.39 Å². The number of methoxy groups -OCH3 is 1. The third-order valence-electron chi connectivity index (χ3n) is 5.71. The Balaban J connectivity index is 1.62. The lowest BCUT2D eigenvalue weighted by Gasteiger charge is -2.29. The molecule has 3 aromatic rings. The third kappa shape index (κ3) is 6.43. The summed E-state index contributed by atoms with van der Waals surface area (Å²) in [6, 6.07) is 14.6. The van der Waals surface area contributed by atoms with Crippen LogP contribution in [0.2, 0.25) is 0 Å². The Hall–Kier alpha value is -3.68. The van der Waals surface area contributed by atoms with Crippen molar-refractivity contribution in [2.24, 2.45) is 0 Å². The van der Waals surface area contributed by atoms with E-state index in [0.29, 0.717) is 24.3 Å². The minimum absolute atomic E-state index is 0.0376. The second-order valence-corrected chi connectivity index (χ2v) is 7.94. The van der Waals surface area contributed by atoms with E-state index in [1.165, 1.54) is 24.3 Å². The van der Waals surface area contributed by atoms with Crippen molar-refractivity contribution in [2.45, 2.75) is 45.7 Å². The molecular weight excluding hydrogens is 437 g/mol. The van der Waals surface area contributed by atoms with Gasteiger partial charge in [0, 0.05) is 24.2 Å². The summed E-state index contributed by atoms with van der Waals surface area (Å²) in [5.74, 6) is 0.215. The van der Waals surface area contributed by atoms with Gasteiger partial charge in [0.25, 0.3) is 11.8 Å². The maximum atomic E-state index is 13.3. The first kappa shape index (κ1) is 25.0. The van der Waals surface area contributed by atoms with Crippen molar-refractivity contribution in [3.05, 3.63) is 83.0 Å². The van der Waals surface area contributed by atoms with Gasteiger partial charge in [-0.05, 0) is 61.2 Å². The number of ether oxygens (including phenoxy) is 1. The molecule has 8 heteroatoms. The van der Waals surface area contributed by atoms with Crippen molar-refractivity contribution in [3.8, 4) is 5.75 Å². The summed E-state index contributed by atoms with van der Waals surface area (Å²) in [4.78, 5) is 27.3. The van der Waals surface area contributed by atoms with E-state index in [4.69, 9.17) is 9.26 Å². The standard InChI is InChI=1S/C26H30FN3O4/c1-4-21(5-2)30(26(32)19-8-10-20(27)11-9-19)17-23-16-24(29-34-23)25(31)28-15-14-18-6-12-22(33-3)13-7-18/h6-13,16,21H,4-5,14-15,17H2,1-3H3,(H,28,31). The molecule has 0 radical (unpaired) electrons. The normalized spacial score (nSPS) is 10.9. The highest BCUT2D eigenvalue weighted by atomic mass is 19.1. The Bertz CT molecular complexity index is 1080. The molecule has 0 saturated heterocycles. The molecule has 3 rings (SSSR count). The number of amides is 2. The van der Waals surface area contributed by atoms with E-state index in [-0.39, 0.29) is 30.1 Å². The van der Waals surface area contributed by atoms with Crippen LogP contribution < -0.4 is 10.1 Å². The Morgan fingerprint density at radius 1 is 1.09 bits per heavy atom.